The minimum atomic E-state index is 0.433. The van der Waals surface area contributed by atoms with Crippen molar-refractivity contribution in [3.63, 3.8) is 0 Å². The van der Waals surface area contributed by atoms with Crippen LogP contribution in [-0.2, 0) is 0 Å². The Hall–Kier alpha value is -1.79. The van der Waals surface area contributed by atoms with Crippen molar-refractivity contribution in [2.45, 2.75) is 37.2 Å². The van der Waals surface area contributed by atoms with Gasteiger partial charge in [-0.1, -0.05) is 84.3 Å². The third-order valence-electron chi connectivity index (χ3n) is 4.58. The van der Waals surface area contributed by atoms with Crippen molar-refractivity contribution in [2.75, 3.05) is 0 Å². The molecular formula is C23H21Cl2N3S2. The van der Waals surface area contributed by atoms with Crippen LogP contribution in [0.15, 0.2) is 52.9 Å². The molecule has 30 heavy (non-hydrogen) atoms. The van der Waals surface area contributed by atoms with Crippen LogP contribution >= 0.6 is 46.3 Å². The minimum Gasteiger partial charge on any atom is -0.217 e. The molecule has 0 aliphatic heterocycles. The van der Waals surface area contributed by atoms with Gasteiger partial charge in [0.2, 0.25) is 5.13 Å². The molecule has 0 spiro atoms. The van der Waals surface area contributed by atoms with Crippen LogP contribution in [0.2, 0.25) is 10.0 Å². The average molecular weight is 474 g/mol. The van der Waals surface area contributed by atoms with E-state index in [4.69, 9.17) is 33.3 Å². The van der Waals surface area contributed by atoms with Gasteiger partial charge >= 0.3 is 0 Å². The predicted octanol–water partition coefficient (Wildman–Crippen LogP) is 8.09. The molecule has 0 saturated heterocycles. The van der Waals surface area contributed by atoms with Crippen LogP contribution in [0.5, 0.6) is 0 Å². The topological polar surface area (TPSA) is 30.7 Å². The van der Waals surface area contributed by atoms with Crippen molar-refractivity contribution in [2.24, 2.45) is 0 Å². The Morgan fingerprint density at radius 3 is 2.33 bits per heavy atom. The van der Waals surface area contributed by atoms with E-state index in [2.05, 4.69) is 51.2 Å². The molecule has 2 aromatic carbocycles. The molecule has 2 aromatic heterocycles. The maximum atomic E-state index is 6.27. The monoisotopic (exact) mass is 473 g/mol. The molecule has 0 bridgehead atoms. The molecule has 0 fully saturated rings. The van der Waals surface area contributed by atoms with E-state index in [9.17, 15) is 0 Å². The summed E-state index contributed by atoms with van der Waals surface area (Å²) in [5.41, 5.74) is 6.35. The number of thiazole rings is 1. The second kappa shape index (κ2) is 8.75. The van der Waals surface area contributed by atoms with Crippen LogP contribution in [0, 0.1) is 13.8 Å². The van der Waals surface area contributed by atoms with Crippen LogP contribution < -0.4 is 0 Å². The number of aromatic nitrogens is 3. The van der Waals surface area contributed by atoms with Crippen molar-refractivity contribution in [3.8, 4) is 27.5 Å². The number of aryl methyl sites for hydroxylation is 2. The molecule has 0 atom stereocenters. The van der Waals surface area contributed by atoms with E-state index in [0.29, 0.717) is 15.3 Å². The SMILES string of the molecule is Cc1ccc(-c2cn(-c3nc(-c4ccc(Cl)c(Cl)c4)c(SC(C)C)s3)nc2C)cc1. The van der Waals surface area contributed by atoms with Gasteiger partial charge in [0, 0.05) is 22.6 Å². The van der Waals surface area contributed by atoms with Crippen LogP contribution in [0.1, 0.15) is 25.1 Å². The molecule has 2 heterocycles. The highest BCUT2D eigenvalue weighted by Gasteiger charge is 2.19. The fourth-order valence-electron chi connectivity index (χ4n) is 3.09. The van der Waals surface area contributed by atoms with Gasteiger partial charge in [-0.15, -0.1) is 11.8 Å². The molecule has 4 aromatic rings. The molecule has 0 amide bonds. The maximum Gasteiger partial charge on any atom is 0.211 e. The summed E-state index contributed by atoms with van der Waals surface area (Å²) in [5, 5.41) is 7.08. The van der Waals surface area contributed by atoms with Gasteiger partial charge in [-0.3, -0.25) is 0 Å². The van der Waals surface area contributed by atoms with Crippen LogP contribution in [0.3, 0.4) is 0 Å². The summed E-state index contributed by atoms with van der Waals surface area (Å²) in [6.45, 7) is 8.48. The van der Waals surface area contributed by atoms with E-state index >= 15 is 0 Å². The fraction of sp³-hybridized carbons (Fsp3) is 0.217. The van der Waals surface area contributed by atoms with Gasteiger partial charge in [0.25, 0.3) is 0 Å². The Kier molecular flexibility index (Phi) is 6.26. The van der Waals surface area contributed by atoms with E-state index in [1.54, 1.807) is 23.1 Å². The first-order valence-corrected chi connectivity index (χ1v) is 12.0. The molecule has 7 heteroatoms. The molecule has 0 unspecified atom stereocenters. The van der Waals surface area contributed by atoms with Gasteiger partial charge in [0.1, 0.15) is 0 Å². The molecule has 0 N–H and O–H groups in total. The Labute approximate surface area is 195 Å². The molecule has 0 aliphatic carbocycles. The first-order chi connectivity index (χ1) is 14.3. The summed E-state index contributed by atoms with van der Waals surface area (Å²) in [5.74, 6) is 0. The van der Waals surface area contributed by atoms with Crippen LogP contribution in [0.4, 0.5) is 0 Å². The van der Waals surface area contributed by atoms with E-state index in [1.807, 2.05) is 29.8 Å². The second-order valence-corrected chi connectivity index (χ2v) is 11.0. The summed E-state index contributed by atoms with van der Waals surface area (Å²) in [4.78, 5) is 4.93. The van der Waals surface area contributed by atoms with Crippen molar-refractivity contribution in [1.29, 1.82) is 0 Å². The first kappa shape index (κ1) is 21.4. The Bertz CT molecular complexity index is 1190. The zero-order valence-corrected chi connectivity index (χ0v) is 20.3. The van der Waals surface area contributed by atoms with Gasteiger partial charge in [0.15, 0.2) is 0 Å². The molecule has 0 aliphatic rings. The Morgan fingerprint density at radius 2 is 1.67 bits per heavy atom. The van der Waals surface area contributed by atoms with Crippen molar-refractivity contribution in [1.82, 2.24) is 14.8 Å². The lowest BCUT2D eigenvalue weighted by molar-refractivity contribution is 0.853. The van der Waals surface area contributed by atoms with Gasteiger partial charge in [-0.2, -0.15) is 5.10 Å². The quantitative estimate of drug-likeness (QED) is 0.274. The summed E-state index contributed by atoms with van der Waals surface area (Å²) in [7, 11) is 0. The molecule has 0 saturated carbocycles. The van der Waals surface area contributed by atoms with Crippen molar-refractivity contribution < 1.29 is 0 Å². The van der Waals surface area contributed by atoms with E-state index in [0.717, 1.165) is 37.4 Å². The third kappa shape index (κ3) is 4.45. The smallest absolute Gasteiger partial charge is 0.211 e. The molecule has 154 valence electrons. The summed E-state index contributed by atoms with van der Waals surface area (Å²) >= 11 is 15.8. The van der Waals surface area contributed by atoms with Crippen molar-refractivity contribution >= 4 is 46.3 Å². The summed E-state index contributed by atoms with van der Waals surface area (Å²) in [6, 6.07) is 14.2. The van der Waals surface area contributed by atoms with Gasteiger partial charge in [0.05, 0.1) is 25.6 Å². The Balaban J connectivity index is 1.78. The van der Waals surface area contributed by atoms with Crippen molar-refractivity contribution in [3.05, 3.63) is 70.0 Å². The zero-order chi connectivity index (χ0) is 21.4. The lowest BCUT2D eigenvalue weighted by Crippen LogP contribution is -1.94. The number of hydrogen-bond acceptors (Lipinski definition) is 4. The second-order valence-electron chi connectivity index (χ2n) is 7.37. The number of hydrogen-bond donors (Lipinski definition) is 0. The van der Waals surface area contributed by atoms with Gasteiger partial charge < -0.3 is 0 Å². The largest absolute Gasteiger partial charge is 0.217 e. The average Bonchev–Trinajstić information content (AvgIpc) is 3.28. The normalized spacial score (nSPS) is 11.4. The fourth-order valence-corrected chi connectivity index (χ4v) is 5.83. The van der Waals surface area contributed by atoms with Crippen LogP contribution in [0.25, 0.3) is 27.5 Å². The summed E-state index contributed by atoms with van der Waals surface area (Å²) in [6.07, 6.45) is 2.06. The predicted molar refractivity (Wildman–Crippen MR) is 131 cm³/mol. The minimum absolute atomic E-state index is 0.433. The standard InChI is InChI=1S/C23H21Cl2N3S2/c1-13(2)29-22-21(17-9-10-19(24)20(25)11-17)26-23(30-22)28-12-18(15(4)27-28)16-7-5-14(3)6-8-16/h5-13H,1-4H3. The van der Waals surface area contributed by atoms with Gasteiger partial charge in [-0.25, -0.2) is 9.67 Å². The zero-order valence-electron chi connectivity index (χ0n) is 17.1. The highest BCUT2D eigenvalue weighted by molar-refractivity contribution is 8.01. The lowest BCUT2D eigenvalue weighted by Gasteiger charge is -2.05. The highest BCUT2D eigenvalue weighted by Crippen LogP contribution is 2.41. The molecule has 3 nitrogen and oxygen atoms in total. The Morgan fingerprint density at radius 1 is 0.967 bits per heavy atom. The highest BCUT2D eigenvalue weighted by atomic mass is 35.5. The third-order valence-corrected chi connectivity index (χ3v) is 7.57. The number of rotatable bonds is 5. The van der Waals surface area contributed by atoms with E-state index in [1.165, 1.54) is 5.56 Å². The van der Waals surface area contributed by atoms with E-state index in [-0.39, 0.29) is 0 Å². The lowest BCUT2D eigenvalue weighted by atomic mass is 10.1. The molecular weight excluding hydrogens is 453 g/mol. The summed E-state index contributed by atoms with van der Waals surface area (Å²) < 4.78 is 3.02. The maximum absolute atomic E-state index is 6.27. The van der Waals surface area contributed by atoms with Gasteiger partial charge in [-0.05, 0) is 31.5 Å². The number of thioether (sulfide) groups is 1. The number of benzene rings is 2. The number of nitrogens with zero attached hydrogens (tertiary/aromatic N) is 3. The molecule has 0 radical (unpaired) electrons. The number of halogens is 2. The molecule has 4 rings (SSSR count). The van der Waals surface area contributed by atoms with Crippen LogP contribution in [-0.4, -0.2) is 20.0 Å². The van der Waals surface area contributed by atoms with E-state index < -0.39 is 0 Å². The first-order valence-electron chi connectivity index (χ1n) is 9.58.